The number of ether oxygens (including phenoxy) is 1. The molecule has 0 aromatic heterocycles. The van der Waals surface area contributed by atoms with Crippen LogP contribution in [0.4, 0.5) is 10.5 Å². The Kier molecular flexibility index (Phi) is 4.02. The number of amides is 1. The van der Waals surface area contributed by atoms with E-state index in [1.807, 2.05) is 20.8 Å². The molecule has 1 N–H and O–H groups in total. The molecule has 120 valence electrons. The van der Waals surface area contributed by atoms with Crippen LogP contribution in [-0.2, 0) is 17.7 Å². The lowest BCUT2D eigenvalue weighted by molar-refractivity contribution is 0.0224. The van der Waals surface area contributed by atoms with Crippen molar-refractivity contribution in [2.45, 2.75) is 64.6 Å². The highest BCUT2D eigenvalue weighted by Gasteiger charge is 2.26. The number of rotatable bonds is 2. The SMILES string of the molecule is CC(C)(C)OC(=O)N1CCc2ccc(NC3CCC3)cc2C1. The van der Waals surface area contributed by atoms with Crippen LogP contribution < -0.4 is 5.32 Å². The third kappa shape index (κ3) is 3.54. The van der Waals surface area contributed by atoms with Crippen molar-refractivity contribution in [3.8, 4) is 0 Å². The maximum Gasteiger partial charge on any atom is 0.410 e. The molecule has 0 unspecified atom stereocenters. The molecule has 22 heavy (non-hydrogen) atoms. The van der Waals surface area contributed by atoms with Crippen LogP contribution in [0, 0.1) is 0 Å². The molecule has 1 fully saturated rings. The minimum Gasteiger partial charge on any atom is -0.444 e. The molecule has 0 saturated heterocycles. The van der Waals surface area contributed by atoms with Gasteiger partial charge in [0, 0.05) is 24.8 Å². The Hall–Kier alpha value is -1.71. The first-order valence-corrected chi connectivity index (χ1v) is 8.27. The minimum atomic E-state index is -0.439. The number of nitrogens with one attached hydrogen (secondary N) is 1. The Morgan fingerprint density at radius 2 is 2.05 bits per heavy atom. The van der Waals surface area contributed by atoms with Crippen LogP contribution in [0.1, 0.15) is 51.2 Å². The van der Waals surface area contributed by atoms with Gasteiger partial charge in [-0.05, 0) is 69.7 Å². The first kappa shape index (κ1) is 15.2. The second kappa shape index (κ2) is 5.82. The monoisotopic (exact) mass is 302 g/mol. The standard InChI is InChI=1S/C18H26N2O2/c1-18(2,3)22-17(21)20-10-9-13-7-8-16(11-14(13)12-20)19-15-5-4-6-15/h7-8,11,15,19H,4-6,9-10,12H2,1-3H3. The number of carbonyl (C=O) groups is 1. The fourth-order valence-corrected chi connectivity index (χ4v) is 2.92. The second-order valence-corrected chi connectivity index (χ2v) is 7.41. The predicted octanol–water partition coefficient (Wildman–Crippen LogP) is 3.94. The zero-order valence-corrected chi connectivity index (χ0v) is 13.8. The molecule has 4 heteroatoms. The summed E-state index contributed by atoms with van der Waals surface area (Å²) in [7, 11) is 0. The van der Waals surface area contributed by atoms with E-state index in [0.29, 0.717) is 12.6 Å². The first-order chi connectivity index (χ1) is 10.4. The number of hydrogen-bond acceptors (Lipinski definition) is 3. The van der Waals surface area contributed by atoms with Crippen molar-refractivity contribution in [2.24, 2.45) is 0 Å². The molecular weight excluding hydrogens is 276 g/mol. The van der Waals surface area contributed by atoms with E-state index in [1.54, 1.807) is 4.90 Å². The fraction of sp³-hybridized carbons (Fsp3) is 0.611. The largest absolute Gasteiger partial charge is 0.444 e. The van der Waals surface area contributed by atoms with Gasteiger partial charge in [0.25, 0.3) is 0 Å². The van der Waals surface area contributed by atoms with Gasteiger partial charge in [0.15, 0.2) is 0 Å². The summed E-state index contributed by atoms with van der Waals surface area (Å²) in [6.45, 7) is 7.10. The highest BCUT2D eigenvalue weighted by atomic mass is 16.6. The smallest absolute Gasteiger partial charge is 0.410 e. The summed E-state index contributed by atoms with van der Waals surface area (Å²) in [6.07, 6.45) is 4.55. The van der Waals surface area contributed by atoms with E-state index in [-0.39, 0.29) is 6.09 Å². The Labute approximate surface area is 132 Å². The number of fused-ring (bicyclic) bond motifs is 1. The maximum absolute atomic E-state index is 12.2. The summed E-state index contributed by atoms with van der Waals surface area (Å²) < 4.78 is 5.48. The lowest BCUT2D eigenvalue weighted by atomic mass is 9.92. The lowest BCUT2D eigenvalue weighted by Crippen LogP contribution is -2.39. The Morgan fingerprint density at radius 3 is 2.68 bits per heavy atom. The molecule has 1 saturated carbocycles. The summed E-state index contributed by atoms with van der Waals surface area (Å²) in [5, 5.41) is 3.58. The van der Waals surface area contributed by atoms with Gasteiger partial charge in [0.1, 0.15) is 5.60 Å². The maximum atomic E-state index is 12.2. The van der Waals surface area contributed by atoms with Crippen molar-refractivity contribution in [2.75, 3.05) is 11.9 Å². The van der Waals surface area contributed by atoms with Gasteiger partial charge in [-0.25, -0.2) is 4.79 Å². The molecule has 0 atom stereocenters. The van der Waals surface area contributed by atoms with E-state index in [9.17, 15) is 4.79 Å². The predicted molar refractivity (Wildman–Crippen MR) is 88.1 cm³/mol. The van der Waals surface area contributed by atoms with E-state index >= 15 is 0 Å². The summed E-state index contributed by atoms with van der Waals surface area (Å²) >= 11 is 0. The molecule has 1 aromatic carbocycles. The number of anilines is 1. The third-order valence-corrected chi connectivity index (χ3v) is 4.35. The van der Waals surface area contributed by atoms with Crippen molar-refractivity contribution in [3.63, 3.8) is 0 Å². The molecule has 1 aromatic rings. The summed E-state index contributed by atoms with van der Waals surface area (Å²) in [6, 6.07) is 7.19. The van der Waals surface area contributed by atoms with Crippen LogP contribution in [0.25, 0.3) is 0 Å². The number of hydrogen-bond donors (Lipinski definition) is 1. The van der Waals surface area contributed by atoms with Gasteiger partial charge in [-0.15, -0.1) is 0 Å². The topological polar surface area (TPSA) is 41.6 Å². The average Bonchev–Trinajstić information content (AvgIpc) is 2.40. The van der Waals surface area contributed by atoms with Gasteiger partial charge in [-0.3, -0.25) is 0 Å². The van der Waals surface area contributed by atoms with Gasteiger partial charge < -0.3 is 15.0 Å². The summed E-state index contributed by atoms with van der Waals surface area (Å²) in [4.78, 5) is 14.0. The molecule has 1 aliphatic heterocycles. The first-order valence-electron chi connectivity index (χ1n) is 8.27. The minimum absolute atomic E-state index is 0.212. The molecular formula is C18H26N2O2. The van der Waals surface area contributed by atoms with Crippen molar-refractivity contribution in [1.29, 1.82) is 0 Å². The van der Waals surface area contributed by atoms with E-state index in [4.69, 9.17) is 4.74 Å². The number of nitrogens with zero attached hydrogens (tertiary/aromatic N) is 1. The van der Waals surface area contributed by atoms with Gasteiger partial charge in [-0.1, -0.05) is 6.07 Å². The average molecular weight is 302 g/mol. The normalized spacial score (nSPS) is 18.4. The van der Waals surface area contributed by atoms with Gasteiger partial charge in [-0.2, -0.15) is 0 Å². The van der Waals surface area contributed by atoms with Crippen molar-refractivity contribution in [1.82, 2.24) is 4.90 Å². The van der Waals surface area contributed by atoms with Gasteiger partial charge in [0.2, 0.25) is 0 Å². The van der Waals surface area contributed by atoms with Crippen LogP contribution >= 0.6 is 0 Å². The van der Waals surface area contributed by atoms with Crippen LogP contribution in [0.15, 0.2) is 18.2 Å². The summed E-state index contributed by atoms with van der Waals surface area (Å²) in [5.41, 5.74) is 3.32. The van der Waals surface area contributed by atoms with E-state index in [2.05, 4.69) is 23.5 Å². The van der Waals surface area contributed by atoms with Crippen molar-refractivity contribution >= 4 is 11.8 Å². The van der Waals surface area contributed by atoms with Crippen LogP contribution in [0.2, 0.25) is 0 Å². The highest BCUT2D eigenvalue weighted by Crippen LogP contribution is 2.27. The Balaban J connectivity index is 1.67. The van der Waals surface area contributed by atoms with E-state index in [0.717, 1.165) is 13.0 Å². The van der Waals surface area contributed by atoms with Gasteiger partial charge in [0.05, 0.1) is 0 Å². The lowest BCUT2D eigenvalue weighted by Gasteiger charge is -2.32. The molecule has 0 radical (unpaired) electrons. The number of carbonyl (C=O) groups excluding carboxylic acids is 1. The molecule has 1 heterocycles. The molecule has 1 aliphatic carbocycles. The third-order valence-electron chi connectivity index (χ3n) is 4.35. The van der Waals surface area contributed by atoms with Gasteiger partial charge >= 0.3 is 6.09 Å². The summed E-state index contributed by atoms with van der Waals surface area (Å²) in [5.74, 6) is 0. The molecule has 2 aliphatic rings. The molecule has 0 bridgehead atoms. The van der Waals surface area contributed by atoms with E-state index < -0.39 is 5.60 Å². The second-order valence-electron chi connectivity index (χ2n) is 7.41. The van der Waals surface area contributed by atoms with Crippen LogP contribution in [0.5, 0.6) is 0 Å². The molecule has 0 spiro atoms. The molecule has 4 nitrogen and oxygen atoms in total. The van der Waals surface area contributed by atoms with Crippen LogP contribution in [-0.4, -0.2) is 29.2 Å². The van der Waals surface area contributed by atoms with Crippen molar-refractivity contribution in [3.05, 3.63) is 29.3 Å². The molecule has 1 amide bonds. The zero-order chi connectivity index (χ0) is 15.7. The zero-order valence-electron chi connectivity index (χ0n) is 13.8. The highest BCUT2D eigenvalue weighted by molar-refractivity contribution is 5.69. The number of benzene rings is 1. The Morgan fingerprint density at radius 1 is 1.27 bits per heavy atom. The molecule has 3 rings (SSSR count). The van der Waals surface area contributed by atoms with Crippen LogP contribution in [0.3, 0.4) is 0 Å². The fourth-order valence-electron chi connectivity index (χ4n) is 2.92. The quantitative estimate of drug-likeness (QED) is 0.899. The van der Waals surface area contributed by atoms with E-state index in [1.165, 1.54) is 36.1 Å². The van der Waals surface area contributed by atoms with Crippen molar-refractivity contribution < 1.29 is 9.53 Å². The Bertz CT molecular complexity index is 559.